The van der Waals surface area contributed by atoms with E-state index in [9.17, 15) is 13.2 Å². The molecule has 7 nitrogen and oxygen atoms in total. The number of rotatable bonds is 6. The van der Waals surface area contributed by atoms with Crippen molar-refractivity contribution in [3.05, 3.63) is 71.3 Å². The minimum Gasteiger partial charge on any atom is -0.430 e. The summed E-state index contributed by atoms with van der Waals surface area (Å²) in [6.45, 7) is 0.743. The second kappa shape index (κ2) is 8.21. The van der Waals surface area contributed by atoms with Crippen molar-refractivity contribution >= 4 is 0 Å². The van der Waals surface area contributed by atoms with Gasteiger partial charge in [0.05, 0.1) is 11.4 Å². The summed E-state index contributed by atoms with van der Waals surface area (Å²) in [4.78, 5) is 8.50. The molecule has 31 heavy (non-hydrogen) atoms. The van der Waals surface area contributed by atoms with E-state index < -0.39 is 12.4 Å². The molecular weight excluding hydrogens is 409 g/mol. The molecule has 3 aromatic heterocycles. The van der Waals surface area contributed by atoms with E-state index in [4.69, 9.17) is 4.74 Å². The van der Waals surface area contributed by atoms with Gasteiger partial charge in [-0.05, 0) is 44.2 Å². The first-order chi connectivity index (χ1) is 14.8. The lowest BCUT2D eigenvalue weighted by molar-refractivity contribution is -0.0500. The van der Waals surface area contributed by atoms with Crippen molar-refractivity contribution in [1.82, 2.24) is 29.5 Å². The van der Waals surface area contributed by atoms with Crippen LogP contribution in [0.2, 0.25) is 0 Å². The zero-order chi connectivity index (χ0) is 22.1. The fraction of sp³-hybridized carbons (Fsp3) is 0.238. The van der Waals surface area contributed by atoms with Gasteiger partial charge in [-0.15, -0.1) is 0 Å². The van der Waals surface area contributed by atoms with Crippen LogP contribution in [0.15, 0.2) is 42.7 Å². The second-order valence-corrected chi connectivity index (χ2v) is 7.02. The molecule has 0 amide bonds. The Morgan fingerprint density at radius 3 is 2.42 bits per heavy atom. The Kier molecular flexibility index (Phi) is 5.45. The number of halogens is 3. The molecule has 10 heteroatoms. The largest absolute Gasteiger partial charge is 0.430 e. The van der Waals surface area contributed by atoms with Crippen LogP contribution in [0, 0.1) is 19.7 Å². The summed E-state index contributed by atoms with van der Waals surface area (Å²) in [5, 5.41) is 8.77. The first-order valence-electron chi connectivity index (χ1n) is 9.43. The molecule has 0 spiro atoms. The van der Waals surface area contributed by atoms with E-state index >= 15 is 0 Å². The van der Waals surface area contributed by atoms with Crippen molar-refractivity contribution in [3.8, 4) is 22.8 Å². The van der Waals surface area contributed by atoms with Crippen LogP contribution in [0.5, 0.6) is 5.75 Å². The monoisotopic (exact) mass is 428 g/mol. The molecular formula is C21H19F3N6O. The summed E-state index contributed by atoms with van der Waals surface area (Å²) >= 11 is 0. The van der Waals surface area contributed by atoms with Gasteiger partial charge in [-0.1, -0.05) is 0 Å². The van der Waals surface area contributed by atoms with Crippen molar-refractivity contribution in [2.75, 3.05) is 0 Å². The summed E-state index contributed by atoms with van der Waals surface area (Å²) in [5.41, 5.74) is 3.41. The first kappa shape index (κ1) is 20.6. The van der Waals surface area contributed by atoms with Crippen molar-refractivity contribution in [3.63, 3.8) is 0 Å². The molecule has 0 aliphatic heterocycles. The number of hydrogen-bond donors (Lipinski definition) is 0. The smallest absolute Gasteiger partial charge is 0.387 e. The molecule has 0 radical (unpaired) electrons. The Morgan fingerprint density at radius 2 is 1.77 bits per heavy atom. The van der Waals surface area contributed by atoms with E-state index in [1.54, 1.807) is 17.8 Å². The van der Waals surface area contributed by atoms with Crippen LogP contribution in [-0.4, -0.2) is 36.1 Å². The van der Waals surface area contributed by atoms with Gasteiger partial charge < -0.3 is 4.74 Å². The number of aromatic nitrogens is 6. The third-order valence-electron chi connectivity index (χ3n) is 4.68. The predicted octanol–water partition coefficient (Wildman–Crippen LogP) is 4.01. The van der Waals surface area contributed by atoms with Crippen LogP contribution < -0.4 is 4.74 Å². The Balaban J connectivity index is 1.73. The lowest BCUT2D eigenvalue weighted by Crippen LogP contribution is -2.07. The molecule has 0 fully saturated rings. The number of benzene rings is 1. The van der Waals surface area contributed by atoms with E-state index in [0.29, 0.717) is 22.8 Å². The highest BCUT2D eigenvalue weighted by Crippen LogP contribution is 2.35. The van der Waals surface area contributed by atoms with Crippen molar-refractivity contribution in [2.45, 2.75) is 26.9 Å². The third kappa shape index (κ3) is 4.27. The van der Waals surface area contributed by atoms with Crippen LogP contribution in [0.4, 0.5) is 13.2 Å². The Morgan fingerprint density at radius 1 is 1.03 bits per heavy atom. The van der Waals surface area contributed by atoms with Crippen LogP contribution in [-0.2, 0) is 13.5 Å². The Hall–Kier alpha value is -3.69. The standard InChI is InChI=1S/C21H19F3N6O/c1-12-8-13(2)30(27-12)18-10-16(25-11-26-18)9-17-20(31-21(23)24)19(29(3)28-17)14-4-6-15(22)7-5-14/h4-8,10-11,21H,9H2,1-3H3. The van der Waals surface area contributed by atoms with Crippen molar-refractivity contribution in [1.29, 1.82) is 0 Å². The van der Waals surface area contributed by atoms with Crippen molar-refractivity contribution in [2.24, 2.45) is 7.05 Å². The second-order valence-electron chi connectivity index (χ2n) is 7.02. The van der Waals surface area contributed by atoms with E-state index in [-0.39, 0.29) is 17.9 Å². The predicted molar refractivity (Wildman–Crippen MR) is 107 cm³/mol. The molecule has 4 rings (SSSR count). The van der Waals surface area contributed by atoms with Gasteiger partial charge in [0.1, 0.15) is 23.5 Å². The molecule has 3 heterocycles. The van der Waals surface area contributed by atoms with E-state index in [1.165, 1.54) is 35.3 Å². The molecule has 0 atom stereocenters. The van der Waals surface area contributed by atoms with Crippen LogP contribution >= 0.6 is 0 Å². The highest BCUT2D eigenvalue weighted by molar-refractivity contribution is 5.68. The minimum absolute atomic E-state index is 0.0737. The molecule has 160 valence electrons. The summed E-state index contributed by atoms with van der Waals surface area (Å²) in [6.07, 6.45) is 1.52. The quantitative estimate of drug-likeness (QED) is 0.464. The molecule has 0 saturated carbocycles. The zero-order valence-corrected chi connectivity index (χ0v) is 17.1. The number of alkyl halides is 2. The molecule has 0 aliphatic rings. The van der Waals surface area contributed by atoms with Gasteiger partial charge in [0.15, 0.2) is 11.6 Å². The van der Waals surface area contributed by atoms with Gasteiger partial charge in [0.25, 0.3) is 0 Å². The maximum atomic E-state index is 13.3. The SMILES string of the molecule is Cc1cc(C)n(-c2cc(Cc3nn(C)c(-c4ccc(F)cc4)c3OC(F)F)ncn2)n1. The number of hydrogen-bond acceptors (Lipinski definition) is 5. The zero-order valence-electron chi connectivity index (χ0n) is 17.1. The van der Waals surface area contributed by atoms with Crippen LogP contribution in [0.25, 0.3) is 17.1 Å². The fourth-order valence-electron chi connectivity index (χ4n) is 3.44. The number of ether oxygens (including phenoxy) is 1. The molecule has 0 N–H and O–H groups in total. The molecule has 0 unspecified atom stereocenters. The summed E-state index contributed by atoms with van der Waals surface area (Å²) in [6, 6.07) is 9.11. The van der Waals surface area contributed by atoms with Gasteiger partial charge >= 0.3 is 6.61 Å². The average molecular weight is 428 g/mol. The molecule has 0 bridgehead atoms. The maximum absolute atomic E-state index is 13.3. The molecule has 0 saturated heterocycles. The van der Waals surface area contributed by atoms with E-state index in [1.807, 2.05) is 19.9 Å². The number of nitrogens with zero attached hydrogens (tertiary/aromatic N) is 6. The van der Waals surface area contributed by atoms with Crippen LogP contribution in [0.3, 0.4) is 0 Å². The maximum Gasteiger partial charge on any atom is 0.387 e. The fourth-order valence-corrected chi connectivity index (χ4v) is 3.44. The first-order valence-corrected chi connectivity index (χ1v) is 9.43. The van der Waals surface area contributed by atoms with E-state index in [2.05, 4.69) is 20.2 Å². The topological polar surface area (TPSA) is 70.7 Å². The summed E-state index contributed by atoms with van der Waals surface area (Å²) in [7, 11) is 1.61. The Bertz CT molecular complexity index is 1220. The molecule has 0 aliphatic carbocycles. The van der Waals surface area contributed by atoms with Crippen LogP contribution in [0.1, 0.15) is 22.8 Å². The normalized spacial score (nSPS) is 11.3. The van der Waals surface area contributed by atoms with Gasteiger partial charge in [0.2, 0.25) is 0 Å². The lowest BCUT2D eigenvalue weighted by Gasteiger charge is -2.09. The minimum atomic E-state index is -3.04. The Labute approximate surface area is 176 Å². The number of aryl methyl sites for hydroxylation is 3. The summed E-state index contributed by atoms with van der Waals surface area (Å²) in [5.74, 6) is 0.0529. The van der Waals surface area contributed by atoms with Gasteiger partial charge in [0, 0.05) is 30.8 Å². The lowest BCUT2D eigenvalue weighted by atomic mass is 10.1. The third-order valence-corrected chi connectivity index (χ3v) is 4.68. The molecule has 1 aromatic carbocycles. The van der Waals surface area contributed by atoms with Crippen molar-refractivity contribution < 1.29 is 17.9 Å². The van der Waals surface area contributed by atoms with Gasteiger partial charge in [-0.25, -0.2) is 19.0 Å². The molecule has 4 aromatic rings. The van der Waals surface area contributed by atoms with E-state index in [0.717, 1.165) is 11.4 Å². The highest BCUT2D eigenvalue weighted by Gasteiger charge is 2.23. The highest BCUT2D eigenvalue weighted by atomic mass is 19.3. The van der Waals surface area contributed by atoms with Gasteiger partial charge in [-0.2, -0.15) is 19.0 Å². The van der Waals surface area contributed by atoms with Gasteiger partial charge in [-0.3, -0.25) is 4.68 Å². The summed E-state index contributed by atoms with van der Waals surface area (Å²) < 4.78 is 47.6. The average Bonchev–Trinajstić information content (AvgIpc) is 3.20.